The molecule has 3 aromatic rings. The maximum Gasteiger partial charge on any atom is 0.254 e. The highest BCUT2D eigenvalue weighted by atomic mass is 16.2. The number of carbonyl (C=O) groups is 2. The molecule has 8 nitrogen and oxygen atoms in total. The van der Waals surface area contributed by atoms with Gasteiger partial charge >= 0.3 is 0 Å². The van der Waals surface area contributed by atoms with Crippen molar-refractivity contribution in [3.8, 4) is 0 Å². The first-order valence-electron chi connectivity index (χ1n) is 9.18. The standard InChI is InChI=1S/C20H18N6O2/c27-18-9-12(20(28)25-18)8-13-11-21-26-17(23-15-6-7-15)10-16(24-19(13)26)22-14-4-2-1-3-5-14/h1-5,8,10-11,15,23H,6-7,9H2,(H,22,24)(H,25,27,28). The van der Waals surface area contributed by atoms with E-state index in [1.165, 1.54) is 0 Å². The molecule has 0 bridgehead atoms. The van der Waals surface area contributed by atoms with E-state index < -0.39 is 0 Å². The van der Waals surface area contributed by atoms with Crippen molar-refractivity contribution < 1.29 is 9.59 Å². The van der Waals surface area contributed by atoms with E-state index in [4.69, 9.17) is 4.98 Å². The topological polar surface area (TPSA) is 100 Å². The normalized spacial score (nSPS) is 17.9. The molecule has 1 aliphatic carbocycles. The molecule has 0 radical (unpaired) electrons. The number of rotatable bonds is 5. The molecule has 0 atom stereocenters. The van der Waals surface area contributed by atoms with Crippen LogP contribution in [0, 0.1) is 0 Å². The second-order valence-corrected chi connectivity index (χ2v) is 7.00. The zero-order chi connectivity index (χ0) is 19.1. The fraction of sp³-hybridized carbons (Fsp3) is 0.200. The molecule has 2 fully saturated rings. The van der Waals surface area contributed by atoms with Gasteiger partial charge in [-0.1, -0.05) is 18.2 Å². The van der Waals surface area contributed by atoms with Crippen molar-refractivity contribution in [1.29, 1.82) is 0 Å². The highest BCUT2D eigenvalue weighted by Crippen LogP contribution is 2.28. The lowest BCUT2D eigenvalue weighted by Gasteiger charge is -2.11. The average molecular weight is 374 g/mol. The van der Waals surface area contributed by atoms with Gasteiger partial charge in [-0.25, -0.2) is 4.98 Å². The van der Waals surface area contributed by atoms with E-state index in [1.807, 2.05) is 36.4 Å². The minimum atomic E-state index is -0.362. The van der Waals surface area contributed by atoms with Crippen LogP contribution in [0.1, 0.15) is 24.8 Å². The number of anilines is 3. The van der Waals surface area contributed by atoms with Gasteiger partial charge in [0.15, 0.2) is 5.65 Å². The van der Waals surface area contributed by atoms with Crippen molar-refractivity contribution in [2.75, 3.05) is 10.6 Å². The van der Waals surface area contributed by atoms with Crippen LogP contribution in [0.15, 0.2) is 48.2 Å². The van der Waals surface area contributed by atoms with Gasteiger partial charge in [-0.3, -0.25) is 14.9 Å². The summed E-state index contributed by atoms with van der Waals surface area (Å²) in [5, 5.41) is 13.5. The van der Waals surface area contributed by atoms with Crippen molar-refractivity contribution in [3.05, 3.63) is 53.7 Å². The van der Waals surface area contributed by atoms with E-state index in [-0.39, 0.29) is 18.2 Å². The molecule has 0 spiro atoms. The zero-order valence-electron chi connectivity index (χ0n) is 15.0. The highest BCUT2D eigenvalue weighted by Gasteiger charge is 2.25. The second-order valence-electron chi connectivity index (χ2n) is 7.00. The van der Waals surface area contributed by atoms with Crippen LogP contribution < -0.4 is 16.0 Å². The summed E-state index contributed by atoms with van der Waals surface area (Å²) in [6, 6.07) is 12.2. The Bertz CT molecular complexity index is 1110. The van der Waals surface area contributed by atoms with Crippen LogP contribution in [0.2, 0.25) is 0 Å². The lowest BCUT2D eigenvalue weighted by atomic mass is 10.1. The molecule has 1 saturated carbocycles. The summed E-state index contributed by atoms with van der Waals surface area (Å²) in [4.78, 5) is 28.1. The first-order valence-corrected chi connectivity index (χ1v) is 9.18. The molecule has 5 rings (SSSR count). The molecule has 2 amide bonds. The third-order valence-corrected chi connectivity index (χ3v) is 4.70. The fourth-order valence-corrected chi connectivity index (χ4v) is 3.16. The molecule has 3 heterocycles. The molecule has 1 saturated heterocycles. The number of amides is 2. The fourth-order valence-electron chi connectivity index (χ4n) is 3.16. The van der Waals surface area contributed by atoms with E-state index in [9.17, 15) is 9.59 Å². The number of aromatic nitrogens is 3. The number of fused-ring (bicyclic) bond motifs is 1. The van der Waals surface area contributed by atoms with Crippen LogP contribution in [-0.2, 0) is 9.59 Å². The maximum absolute atomic E-state index is 11.9. The number of nitrogens with one attached hydrogen (secondary N) is 3. The molecule has 140 valence electrons. The lowest BCUT2D eigenvalue weighted by molar-refractivity contribution is -0.124. The average Bonchev–Trinajstić information content (AvgIpc) is 3.32. The number of nitrogens with zero attached hydrogens (tertiary/aromatic N) is 3. The van der Waals surface area contributed by atoms with Gasteiger partial charge in [0.25, 0.3) is 5.91 Å². The molecular formula is C20H18N6O2. The number of imide groups is 1. The molecule has 2 aromatic heterocycles. The highest BCUT2D eigenvalue weighted by molar-refractivity contribution is 6.15. The third kappa shape index (κ3) is 3.20. The van der Waals surface area contributed by atoms with Crippen molar-refractivity contribution in [2.24, 2.45) is 0 Å². The summed E-state index contributed by atoms with van der Waals surface area (Å²) in [5.41, 5.74) is 2.65. The summed E-state index contributed by atoms with van der Waals surface area (Å²) in [6.45, 7) is 0. The Morgan fingerprint density at radius 3 is 2.71 bits per heavy atom. The zero-order valence-corrected chi connectivity index (χ0v) is 15.0. The Morgan fingerprint density at radius 1 is 1.18 bits per heavy atom. The molecule has 0 unspecified atom stereocenters. The Labute approximate surface area is 160 Å². The molecule has 3 N–H and O–H groups in total. The summed E-state index contributed by atoms with van der Waals surface area (Å²) in [5.74, 6) is 0.860. The predicted molar refractivity (Wildman–Crippen MR) is 105 cm³/mol. The SMILES string of the molecule is O=C1CC(=Cc2cnn3c(NC4CC4)cc(Nc4ccccc4)nc23)C(=O)N1. The molecular weight excluding hydrogens is 356 g/mol. The van der Waals surface area contributed by atoms with Crippen LogP contribution in [0.25, 0.3) is 11.7 Å². The number of carbonyl (C=O) groups excluding carboxylic acids is 2. The second kappa shape index (κ2) is 6.49. The van der Waals surface area contributed by atoms with Gasteiger partial charge in [0.1, 0.15) is 11.6 Å². The first kappa shape index (κ1) is 16.5. The number of benzene rings is 1. The summed E-state index contributed by atoms with van der Waals surface area (Å²) in [6.07, 6.45) is 5.68. The van der Waals surface area contributed by atoms with Crippen LogP contribution in [0.3, 0.4) is 0 Å². The Morgan fingerprint density at radius 2 is 2.00 bits per heavy atom. The number of hydrogen-bond donors (Lipinski definition) is 3. The Kier molecular flexibility index (Phi) is 3.82. The number of hydrogen-bond acceptors (Lipinski definition) is 6. The predicted octanol–water partition coefficient (Wildman–Crippen LogP) is 2.48. The van der Waals surface area contributed by atoms with Gasteiger partial charge in [0.05, 0.1) is 12.6 Å². The van der Waals surface area contributed by atoms with Crippen molar-refractivity contribution in [3.63, 3.8) is 0 Å². The number of para-hydroxylation sites is 1. The van der Waals surface area contributed by atoms with Gasteiger partial charge in [-0.05, 0) is 31.1 Å². The van der Waals surface area contributed by atoms with Crippen molar-refractivity contribution >= 4 is 40.9 Å². The maximum atomic E-state index is 11.9. The quantitative estimate of drug-likeness (QED) is 0.469. The molecule has 1 aromatic carbocycles. The van der Waals surface area contributed by atoms with E-state index >= 15 is 0 Å². The van der Waals surface area contributed by atoms with Crippen LogP contribution in [0.5, 0.6) is 0 Å². The lowest BCUT2D eigenvalue weighted by Crippen LogP contribution is -2.19. The van der Waals surface area contributed by atoms with Crippen LogP contribution in [0.4, 0.5) is 17.3 Å². The molecule has 8 heteroatoms. The summed E-state index contributed by atoms with van der Waals surface area (Å²) in [7, 11) is 0. The van der Waals surface area contributed by atoms with E-state index in [0.717, 1.165) is 24.3 Å². The van der Waals surface area contributed by atoms with Gasteiger partial charge in [0.2, 0.25) is 5.91 Å². The van der Waals surface area contributed by atoms with Gasteiger partial charge in [-0.15, -0.1) is 0 Å². The van der Waals surface area contributed by atoms with E-state index in [1.54, 1.807) is 16.8 Å². The monoisotopic (exact) mass is 374 g/mol. The van der Waals surface area contributed by atoms with Gasteiger partial charge in [0, 0.05) is 28.9 Å². The Hall–Kier alpha value is -3.68. The van der Waals surface area contributed by atoms with Crippen LogP contribution in [-0.4, -0.2) is 32.5 Å². The molecule has 1 aliphatic heterocycles. The minimum absolute atomic E-state index is 0.0747. The smallest absolute Gasteiger partial charge is 0.254 e. The molecule has 28 heavy (non-hydrogen) atoms. The molecule has 2 aliphatic rings. The van der Waals surface area contributed by atoms with Crippen LogP contribution >= 0.6 is 0 Å². The van der Waals surface area contributed by atoms with Gasteiger partial charge < -0.3 is 10.6 Å². The van der Waals surface area contributed by atoms with E-state index in [0.29, 0.717) is 28.6 Å². The van der Waals surface area contributed by atoms with E-state index in [2.05, 4.69) is 21.0 Å². The minimum Gasteiger partial charge on any atom is -0.367 e. The van der Waals surface area contributed by atoms with Crippen molar-refractivity contribution in [1.82, 2.24) is 19.9 Å². The summed E-state index contributed by atoms with van der Waals surface area (Å²) < 4.78 is 1.73. The first-order chi connectivity index (χ1) is 13.7. The van der Waals surface area contributed by atoms with Gasteiger partial charge in [-0.2, -0.15) is 9.61 Å². The Balaban J connectivity index is 1.58. The van der Waals surface area contributed by atoms with Crippen molar-refractivity contribution in [2.45, 2.75) is 25.3 Å². The third-order valence-electron chi connectivity index (χ3n) is 4.70. The summed E-state index contributed by atoms with van der Waals surface area (Å²) >= 11 is 0. The largest absolute Gasteiger partial charge is 0.367 e.